The van der Waals surface area contributed by atoms with Gasteiger partial charge in [-0.15, -0.1) is 0 Å². The third-order valence-electron chi connectivity index (χ3n) is 5.35. The Bertz CT molecular complexity index is 442. The number of likely N-dealkylation sites (tertiary alicyclic amines) is 2. The number of hydrogen-bond acceptors (Lipinski definition) is 3. The van der Waals surface area contributed by atoms with Crippen LogP contribution in [0.3, 0.4) is 0 Å². The fourth-order valence-electron chi connectivity index (χ4n) is 4.12. The Kier molecular flexibility index (Phi) is 4.81. The van der Waals surface area contributed by atoms with E-state index in [2.05, 4.69) is 29.0 Å². The largest absolute Gasteiger partial charge is 0.399 e. The van der Waals surface area contributed by atoms with E-state index in [0.717, 1.165) is 17.6 Å². The monoisotopic (exact) mass is 287 g/mol. The van der Waals surface area contributed by atoms with Crippen molar-refractivity contribution in [3.63, 3.8) is 0 Å². The SMILES string of the molecule is CN1CCCC2CN(CCCc3ccc(N)cc3)CCC21. The first-order valence-corrected chi connectivity index (χ1v) is 8.49. The van der Waals surface area contributed by atoms with Gasteiger partial charge < -0.3 is 15.5 Å². The maximum absolute atomic E-state index is 5.73. The van der Waals surface area contributed by atoms with Crippen molar-refractivity contribution >= 4 is 5.69 Å². The van der Waals surface area contributed by atoms with Crippen LogP contribution in [0.4, 0.5) is 5.69 Å². The van der Waals surface area contributed by atoms with Gasteiger partial charge >= 0.3 is 0 Å². The second kappa shape index (κ2) is 6.80. The van der Waals surface area contributed by atoms with Crippen LogP contribution in [0.15, 0.2) is 24.3 Å². The van der Waals surface area contributed by atoms with Crippen molar-refractivity contribution in [2.75, 3.05) is 39.0 Å². The standard InChI is InChI=1S/C18H29N3/c1-20-11-3-5-16-14-21(13-10-18(16)20)12-2-4-15-6-8-17(19)9-7-15/h6-9,16,18H,2-5,10-14,19H2,1H3. The number of anilines is 1. The number of nitrogens with zero attached hydrogens (tertiary/aromatic N) is 2. The normalized spacial score (nSPS) is 27.5. The number of nitrogen functional groups attached to an aromatic ring is 1. The molecule has 0 spiro atoms. The van der Waals surface area contributed by atoms with Gasteiger partial charge in [0.25, 0.3) is 0 Å². The molecule has 0 saturated carbocycles. The van der Waals surface area contributed by atoms with Crippen molar-refractivity contribution < 1.29 is 0 Å². The molecule has 1 aromatic carbocycles. The predicted molar refractivity (Wildman–Crippen MR) is 89.4 cm³/mol. The summed E-state index contributed by atoms with van der Waals surface area (Å²) in [5, 5.41) is 0. The van der Waals surface area contributed by atoms with Crippen molar-refractivity contribution in [1.29, 1.82) is 0 Å². The number of piperidine rings is 2. The average Bonchev–Trinajstić information content (AvgIpc) is 2.49. The van der Waals surface area contributed by atoms with Gasteiger partial charge in [-0.1, -0.05) is 12.1 Å². The van der Waals surface area contributed by atoms with Crippen LogP contribution in [0.2, 0.25) is 0 Å². The maximum atomic E-state index is 5.73. The summed E-state index contributed by atoms with van der Waals surface area (Å²) in [6.45, 7) is 5.15. The van der Waals surface area contributed by atoms with E-state index in [1.807, 2.05) is 12.1 Å². The molecule has 2 aliphatic heterocycles. The highest BCUT2D eigenvalue weighted by molar-refractivity contribution is 5.39. The Labute approximate surface area is 129 Å². The lowest BCUT2D eigenvalue weighted by Gasteiger charge is -2.46. The lowest BCUT2D eigenvalue weighted by Crippen LogP contribution is -2.52. The van der Waals surface area contributed by atoms with Gasteiger partial charge in [-0.3, -0.25) is 0 Å². The van der Waals surface area contributed by atoms with Gasteiger partial charge in [-0.25, -0.2) is 0 Å². The van der Waals surface area contributed by atoms with E-state index in [0.29, 0.717) is 0 Å². The summed E-state index contributed by atoms with van der Waals surface area (Å²) < 4.78 is 0. The van der Waals surface area contributed by atoms with Crippen LogP contribution in [0, 0.1) is 5.92 Å². The molecule has 2 unspecified atom stereocenters. The summed E-state index contributed by atoms with van der Waals surface area (Å²) in [7, 11) is 2.31. The number of rotatable bonds is 4. The summed E-state index contributed by atoms with van der Waals surface area (Å²) in [5.41, 5.74) is 8.01. The quantitative estimate of drug-likeness (QED) is 0.864. The van der Waals surface area contributed by atoms with Gasteiger partial charge in [0.1, 0.15) is 0 Å². The molecule has 2 saturated heterocycles. The summed E-state index contributed by atoms with van der Waals surface area (Å²) >= 11 is 0. The summed E-state index contributed by atoms with van der Waals surface area (Å²) in [4.78, 5) is 5.29. The number of fused-ring (bicyclic) bond motifs is 1. The van der Waals surface area contributed by atoms with Crippen LogP contribution in [-0.4, -0.2) is 49.1 Å². The molecule has 3 rings (SSSR count). The van der Waals surface area contributed by atoms with Crippen LogP contribution >= 0.6 is 0 Å². The molecule has 0 radical (unpaired) electrons. The molecular formula is C18H29N3. The minimum atomic E-state index is 0.854. The van der Waals surface area contributed by atoms with Crippen LogP contribution in [0.5, 0.6) is 0 Å². The third-order valence-corrected chi connectivity index (χ3v) is 5.35. The smallest absolute Gasteiger partial charge is 0.0314 e. The summed E-state index contributed by atoms with van der Waals surface area (Å²) in [6.07, 6.45) is 6.62. The van der Waals surface area contributed by atoms with Crippen molar-refractivity contribution in [2.45, 2.75) is 38.1 Å². The average molecular weight is 287 g/mol. The molecule has 0 aromatic heterocycles. The van der Waals surface area contributed by atoms with Crippen LogP contribution < -0.4 is 5.73 Å². The zero-order valence-corrected chi connectivity index (χ0v) is 13.3. The van der Waals surface area contributed by atoms with Gasteiger partial charge in [0.2, 0.25) is 0 Å². The van der Waals surface area contributed by atoms with E-state index in [1.54, 1.807) is 0 Å². The molecule has 3 nitrogen and oxygen atoms in total. The van der Waals surface area contributed by atoms with Crippen molar-refractivity contribution in [1.82, 2.24) is 9.80 Å². The van der Waals surface area contributed by atoms with E-state index in [1.165, 1.54) is 63.8 Å². The molecule has 21 heavy (non-hydrogen) atoms. The first-order chi connectivity index (χ1) is 10.2. The van der Waals surface area contributed by atoms with E-state index in [4.69, 9.17) is 5.73 Å². The van der Waals surface area contributed by atoms with Crippen molar-refractivity contribution in [2.24, 2.45) is 5.92 Å². The Morgan fingerprint density at radius 3 is 2.76 bits per heavy atom. The highest BCUT2D eigenvalue weighted by Crippen LogP contribution is 2.29. The van der Waals surface area contributed by atoms with Crippen molar-refractivity contribution in [3.05, 3.63) is 29.8 Å². The lowest BCUT2D eigenvalue weighted by atomic mass is 9.84. The highest BCUT2D eigenvalue weighted by atomic mass is 15.2. The first kappa shape index (κ1) is 14.9. The molecule has 1 aromatic rings. The number of benzene rings is 1. The van der Waals surface area contributed by atoms with Crippen LogP contribution in [-0.2, 0) is 6.42 Å². The molecule has 0 bridgehead atoms. The Balaban J connectivity index is 1.43. The van der Waals surface area contributed by atoms with Gasteiger partial charge in [-0.05, 0) is 82.4 Å². The molecular weight excluding hydrogens is 258 g/mol. The summed E-state index contributed by atoms with van der Waals surface area (Å²) in [5.74, 6) is 0.911. The minimum absolute atomic E-state index is 0.854. The second-order valence-electron chi connectivity index (χ2n) is 6.88. The Hall–Kier alpha value is -1.06. The van der Waals surface area contributed by atoms with Gasteiger partial charge in [-0.2, -0.15) is 0 Å². The molecule has 0 amide bonds. The van der Waals surface area contributed by atoms with Gasteiger partial charge in [0.15, 0.2) is 0 Å². The predicted octanol–water partition coefficient (Wildman–Crippen LogP) is 2.62. The molecule has 3 heteroatoms. The van der Waals surface area contributed by atoms with Gasteiger partial charge in [0, 0.05) is 18.3 Å². The molecule has 0 aliphatic carbocycles. The topological polar surface area (TPSA) is 32.5 Å². The fraction of sp³-hybridized carbons (Fsp3) is 0.667. The third kappa shape index (κ3) is 3.78. The zero-order chi connectivity index (χ0) is 14.7. The lowest BCUT2D eigenvalue weighted by molar-refractivity contribution is 0.0383. The maximum Gasteiger partial charge on any atom is 0.0314 e. The van der Waals surface area contributed by atoms with E-state index < -0.39 is 0 Å². The molecule has 116 valence electrons. The van der Waals surface area contributed by atoms with E-state index >= 15 is 0 Å². The number of hydrogen-bond donors (Lipinski definition) is 1. The molecule has 2 N–H and O–H groups in total. The number of nitrogens with two attached hydrogens (primary N) is 1. The number of aryl methyl sites for hydroxylation is 1. The first-order valence-electron chi connectivity index (χ1n) is 8.49. The highest BCUT2D eigenvalue weighted by Gasteiger charge is 2.33. The van der Waals surface area contributed by atoms with E-state index in [-0.39, 0.29) is 0 Å². The Morgan fingerprint density at radius 2 is 1.95 bits per heavy atom. The van der Waals surface area contributed by atoms with Gasteiger partial charge in [0.05, 0.1) is 0 Å². The minimum Gasteiger partial charge on any atom is -0.399 e. The van der Waals surface area contributed by atoms with Crippen LogP contribution in [0.25, 0.3) is 0 Å². The fourth-order valence-corrected chi connectivity index (χ4v) is 4.12. The second-order valence-corrected chi connectivity index (χ2v) is 6.88. The molecule has 2 fully saturated rings. The van der Waals surface area contributed by atoms with E-state index in [9.17, 15) is 0 Å². The zero-order valence-electron chi connectivity index (χ0n) is 13.3. The summed E-state index contributed by atoms with van der Waals surface area (Å²) in [6, 6.07) is 9.21. The molecule has 2 atom stereocenters. The Morgan fingerprint density at radius 1 is 1.14 bits per heavy atom. The molecule has 2 heterocycles. The molecule has 2 aliphatic rings. The van der Waals surface area contributed by atoms with Crippen molar-refractivity contribution in [3.8, 4) is 0 Å². The van der Waals surface area contributed by atoms with Crippen LogP contribution in [0.1, 0.15) is 31.2 Å².